The third-order valence-electron chi connectivity index (χ3n) is 7.03. The molecule has 4 heterocycles. The summed E-state index contributed by atoms with van der Waals surface area (Å²) < 4.78 is 2.11. The molecule has 0 saturated carbocycles. The van der Waals surface area contributed by atoms with Gasteiger partial charge in [-0.2, -0.15) is 0 Å². The molecule has 7 rings (SSSR count). The van der Waals surface area contributed by atoms with Gasteiger partial charge < -0.3 is 4.57 Å². The van der Waals surface area contributed by atoms with E-state index in [0.717, 1.165) is 44.3 Å². The number of imide groups is 1. The van der Waals surface area contributed by atoms with Crippen LogP contribution in [0.4, 0.5) is 0 Å². The van der Waals surface area contributed by atoms with E-state index in [2.05, 4.69) is 26.7 Å². The minimum Gasteiger partial charge on any atom is -0.307 e. The molecule has 0 bridgehead atoms. The van der Waals surface area contributed by atoms with E-state index >= 15 is 0 Å². The highest BCUT2D eigenvalue weighted by Gasteiger charge is 2.36. The number of carbonyl (C=O) groups excluding carboxylic acids is 2. The minimum absolute atomic E-state index is 0.294. The third-order valence-corrected chi connectivity index (χ3v) is 7.03. The molecule has 3 aromatic heterocycles. The zero-order chi connectivity index (χ0) is 25.1. The van der Waals surface area contributed by atoms with Crippen molar-refractivity contribution in [1.82, 2.24) is 19.4 Å². The molecule has 2 amide bonds. The van der Waals surface area contributed by atoms with E-state index in [1.54, 1.807) is 18.5 Å². The van der Waals surface area contributed by atoms with Crippen molar-refractivity contribution < 1.29 is 9.59 Å². The number of carbonyl (C=O) groups is 2. The normalized spacial score (nSPS) is 13.1. The van der Waals surface area contributed by atoms with E-state index < -0.39 is 0 Å². The van der Waals surface area contributed by atoms with Gasteiger partial charge in [-0.15, -0.1) is 0 Å². The predicted molar refractivity (Wildman–Crippen MR) is 144 cm³/mol. The summed E-state index contributed by atoms with van der Waals surface area (Å²) in [7, 11) is 1.53. The van der Waals surface area contributed by atoms with Crippen molar-refractivity contribution in [2.75, 3.05) is 7.05 Å². The van der Waals surface area contributed by atoms with Gasteiger partial charge in [0, 0.05) is 41.3 Å². The molecule has 6 heteroatoms. The maximum absolute atomic E-state index is 13.4. The van der Waals surface area contributed by atoms with Crippen molar-refractivity contribution in [3.05, 3.63) is 115 Å². The first-order valence-electron chi connectivity index (χ1n) is 12.0. The van der Waals surface area contributed by atoms with Crippen molar-refractivity contribution in [2.45, 2.75) is 0 Å². The number of rotatable bonds is 3. The summed E-state index contributed by atoms with van der Waals surface area (Å²) in [5.74, 6) is -0.603. The van der Waals surface area contributed by atoms with Crippen molar-refractivity contribution in [3.8, 4) is 28.2 Å². The number of aromatic nitrogens is 3. The molecule has 6 aromatic rings. The molecule has 0 atom stereocenters. The van der Waals surface area contributed by atoms with Crippen molar-refractivity contribution in [3.63, 3.8) is 0 Å². The number of nitrogens with zero attached hydrogens (tertiary/aromatic N) is 4. The molecule has 0 radical (unpaired) electrons. The second kappa shape index (κ2) is 7.96. The van der Waals surface area contributed by atoms with Gasteiger partial charge in [-0.3, -0.25) is 24.5 Å². The molecule has 0 unspecified atom stereocenters. The fourth-order valence-electron chi connectivity index (χ4n) is 5.38. The third kappa shape index (κ3) is 2.99. The number of benzene rings is 3. The Balaban J connectivity index is 1.71. The largest absolute Gasteiger partial charge is 0.307 e. The van der Waals surface area contributed by atoms with Gasteiger partial charge in [-0.1, -0.05) is 54.6 Å². The summed E-state index contributed by atoms with van der Waals surface area (Å²) in [6, 6.07) is 29.5. The van der Waals surface area contributed by atoms with Gasteiger partial charge in [0.15, 0.2) is 0 Å². The number of para-hydroxylation sites is 2. The molecule has 0 fully saturated rings. The van der Waals surface area contributed by atoms with Crippen LogP contribution in [-0.2, 0) is 0 Å². The van der Waals surface area contributed by atoms with Crippen LogP contribution in [0.25, 0.3) is 50.0 Å². The number of pyridine rings is 2. The smallest absolute Gasteiger partial charge is 0.263 e. The quantitative estimate of drug-likeness (QED) is 0.286. The maximum atomic E-state index is 13.4. The van der Waals surface area contributed by atoms with Crippen molar-refractivity contribution >= 4 is 33.6 Å². The lowest BCUT2D eigenvalue weighted by molar-refractivity contribution is 0.0693. The molecule has 0 spiro atoms. The van der Waals surface area contributed by atoms with E-state index in [1.807, 2.05) is 72.8 Å². The van der Waals surface area contributed by atoms with Gasteiger partial charge in [0.05, 0.1) is 39.2 Å². The lowest BCUT2D eigenvalue weighted by atomic mass is 10.0. The molecule has 37 heavy (non-hydrogen) atoms. The van der Waals surface area contributed by atoms with Gasteiger partial charge in [-0.25, -0.2) is 0 Å². The van der Waals surface area contributed by atoms with E-state index in [0.29, 0.717) is 16.8 Å². The highest BCUT2D eigenvalue weighted by molar-refractivity contribution is 6.24. The summed E-state index contributed by atoms with van der Waals surface area (Å²) in [4.78, 5) is 36.7. The fraction of sp³-hybridized carbons (Fsp3) is 0.0323. The zero-order valence-electron chi connectivity index (χ0n) is 19.9. The van der Waals surface area contributed by atoms with Crippen LogP contribution in [0.2, 0.25) is 0 Å². The summed E-state index contributed by atoms with van der Waals surface area (Å²) in [5.41, 5.74) is 6.82. The SMILES string of the molecule is CN1C(=O)c2cccc(-n3c4c(-c5ccccn5)cccc4c4cccc(-c5ccccn5)c43)c2C1=O. The van der Waals surface area contributed by atoms with Crippen LogP contribution in [0.15, 0.2) is 103 Å². The molecule has 0 saturated heterocycles. The monoisotopic (exact) mass is 480 g/mol. The van der Waals surface area contributed by atoms with Crippen LogP contribution in [0.1, 0.15) is 20.7 Å². The van der Waals surface area contributed by atoms with Crippen LogP contribution in [0.5, 0.6) is 0 Å². The topological polar surface area (TPSA) is 68.1 Å². The summed E-state index contributed by atoms with van der Waals surface area (Å²) in [5, 5.41) is 2.05. The van der Waals surface area contributed by atoms with Gasteiger partial charge >= 0.3 is 0 Å². The summed E-state index contributed by atoms with van der Waals surface area (Å²) in [6.07, 6.45) is 3.55. The summed E-state index contributed by atoms with van der Waals surface area (Å²) >= 11 is 0. The molecule has 0 N–H and O–H groups in total. The van der Waals surface area contributed by atoms with Crippen molar-refractivity contribution in [1.29, 1.82) is 0 Å². The first kappa shape index (κ1) is 21.2. The molecule has 1 aliphatic rings. The Hall–Kier alpha value is -5.10. The molecule has 176 valence electrons. The number of hydrogen-bond donors (Lipinski definition) is 0. The first-order chi connectivity index (χ1) is 18.1. The van der Waals surface area contributed by atoms with Crippen LogP contribution in [0, 0.1) is 0 Å². The molecule has 0 aliphatic carbocycles. The summed E-state index contributed by atoms with van der Waals surface area (Å²) in [6.45, 7) is 0. The number of amides is 2. The second-order valence-electron chi connectivity index (χ2n) is 9.04. The van der Waals surface area contributed by atoms with Gasteiger partial charge in [0.1, 0.15) is 0 Å². The van der Waals surface area contributed by atoms with E-state index in [1.165, 1.54) is 11.9 Å². The van der Waals surface area contributed by atoms with E-state index in [4.69, 9.17) is 0 Å². The first-order valence-corrected chi connectivity index (χ1v) is 12.0. The number of hydrogen-bond acceptors (Lipinski definition) is 4. The zero-order valence-corrected chi connectivity index (χ0v) is 19.9. The Morgan fingerprint density at radius 3 is 1.65 bits per heavy atom. The molecule has 3 aromatic carbocycles. The maximum Gasteiger partial charge on any atom is 0.263 e. The Bertz CT molecular complexity index is 1780. The minimum atomic E-state index is -0.309. The number of fused-ring (bicyclic) bond motifs is 4. The lowest BCUT2D eigenvalue weighted by Crippen LogP contribution is -2.24. The predicted octanol–water partition coefficient (Wildman–Crippen LogP) is 6.13. The Labute approximate surface area is 212 Å². The second-order valence-corrected chi connectivity index (χ2v) is 9.04. The fourth-order valence-corrected chi connectivity index (χ4v) is 5.38. The van der Waals surface area contributed by atoms with Crippen LogP contribution >= 0.6 is 0 Å². The van der Waals surface area contributed by atoms with Gasteiger partial charge in [0.25, 0.3) is 11.8 Å². The highest BCUT2D eigenvalue weighted by Crippen LogP contribution is 2.42. The lowest BCUT2D eigenvalue weighted by Gasteiger charge is -2.15. The van der Waals surface area contributed by atoms with Gasteiger partial charge in [-0.05, 0) is 36.4 Å². The van der Waals surface area contributed by atoms with Crippen molar-refractivity contribution in [2.24, 2.45) is 0 Å². The Morgan fingerprint density at radius 1 is 0.568 bits per heavy atom. The van der Waals surface area contributed by atoms with E-state index in [9.17, 15) is 9.59 Å². The van der Waals surface area contributed by atoms with Crippen LogP contribution in [-0.4, -0.2) is 38.3 Å². The van der Waals surface area contributed by atoms with Gasteiger partial charge in [0.2, 0.25) is 0 Å². The molecular formula is C31H20N4O2. The average Bonchev–Trinajstić information content (AvgIpc) is 3.41. The highest BCUT2D eigenvalue weighted by atomic mass is 16.2. The molecular weight excluding hydrogens is 460 g/mol. The van der Waals surface area contributed by atoms with Crippen LogP contribution in [0.3, 0.4) is 0 Å². The van der Waals surface area contributed by atoms with E-state index in [-0.39, 0.29) is 11.8 Å². The molecule has 1 aliphatic heterocycles. The standard InChI is InChI=1S/C31H20N4O2/c1-34-30(36)23-13-8-16-26(27(23)31(34)37)35-28-19(9-6-11-21(28)24-14-2-4-17-32-24)20-10-7-12-22(29(20)35)25-15-3-5-18-33-25/h2-18H,1H3. The van der Waals surface area contributed by atoms with Crippen LogP contribution < -0.4 is 0 Å². The average molecular weight is 481 g/mol. The molecule has 6 nitrogen and oxygen atoms in total. The Morgan fingerprint density at radius 2 is 1.11 bits per heavy atom. The Kier molecular flexibility index (Phi) is 4.56.